The smallest absolute Gasteiger partial charge is 0.416 e. The minimum Gasteiger partial charge on any atom is -0.549 e. The molecule has 0 fully saturated rings. The molecule has 2 amide bonds. The summed E-state index contributed by atoms with van der Waals surface area (Å²) in [7, 11) is 0. The van der Waals surface area contributed by atoms with Gasteiger partial charge in [0.25, 0.3) is 11.8 Å². The lowest BCUT2D eigenvalue weighted by atomic mass is 9.71. The Bertz CT molecular complexity index is 852. The normalized spacial score (nSPS) is 16.6. The van der Waals surface area contributed by atoms with Crippen LogP contribution in [0.5, 0.6) is 0 Å². The first-order chi connectivity index (χ1) is 12.3. The summed E-state index contributed by atoms with van der Waals surface area (Å²) in [5, 5.41) is 12.1. The first-order valence-corrected chi connectivity index (χ1v) is 7.93. The third-order valence-electron chi connectivity index (χ3n) is 4.93. The summed E-state index contributed by atoms with van der Waals surface area (Å²) in [6.07, 6.45) is -2.62. The number of amides is 2. The van der Waals surface area contributed by atoms with E-state index < -0.39 is 41.5 Å². The van der Waals surface area contributed by atoms with Gasteiger partial charge in [-0.3, -0.25) is 14.5 Å². The maximum absolute atomic E-state index is 13.2. The highest BCUT2D eigenvalue weighted by molar-refractivity contribution is 6.13. The van der Waals surface area contributed by atoms with Crippen LogP contribution in [-0.2, 0) is 26.0 Å². The molecule has 1 aromatic rings. The zero-order valence-corrected chi connectivity index (χ0v) is 14.9. The number of imide groups is 1. The summed E-state index contributed by atoms with van der Waals surface area (Å²) < 4.78 is 39.5. The largest absolute Gasteiger partial charge is 0.549 e. The summed E-state index contributed by atoms with van der Waals surface area (Å²) in [6.45, 7) is 6.97. The van der Waals surface area contributed by atoms with Crippen LogP contribution in [0, 0.1) is 13.8 Å². The van der Waals surface area contributed by atoms with E-state index in [9.17, 15) is 32.7 Å². The molecule has 0 bridgehead atoms. The molecule has 0 saturated heterocycles. The van der Waals surface area contributed by atoms with E-state index >= 15 is 0 Å². The summed E-state index contributed by atoms with van der Waals surface area (Å²) in [5.41, 5.74) is -3.00. The number of halogens is 3. The van der Waals surface area contributed by atoms with Crippen LogP contribution in [0.2, 0.25) is 0 Å². The molecule has 1 aliphatic heterocycles. The number of hydrogen-bond donors (Lipinski definition) is 0. The van der Waals surface area contributed by atoms with Crippen molar-refractivity contribution < 1.29 is 32.7 Å². The molecule has 0 N–H and O–H groups in total. The number of carboxylic acids is 1. The van der Waals surface area contributed by atoms with Crippen molar-refractivity contribution in [3.8, 4) is 0 Å². The number of aliphatic carboxylic acids is 1. The van der Waals surface area contributed by atoms with Gasteiger partial charge >= 0.3 is 6.18 Å². The number of carbonyl (C=O) groups excluding carboxylic acids is 3. The van der Waals surface area contributed by atoms with Crippen LogP contribution in [0.4, 0.5) is 13.2 Å². The average molecular weight is 380 g/mol. The van der Waals surface area contributed by atoms with Gasteiger partial charge in [-0.2, -0.15) is 13.2 Å². The van der Waals surface area contributed by atoms with E-state index in [0.29, 0.717) is 4.90 Å². The molecule has 144 valence electrons. The van der Waals surface area contributed by atoms with Gasteiger partial charge in [-0.25, -0.2) is 0 Å². The predicted octanol–water partition coefficient (Wildman–Crippen LogP) is 1.81. The van der Waals surface area contributed by atoms with Crippen LogP contribution in [0.3, 0.4) is 0 Å². The van der Waals surface area contributed by atoms with E-state index in [4.69, 9.17) is 0 Å². The Balaban J connectivity index is 2.71. The number of rotatable bonds is 5. The standard InChI is InChI=1S/C19H18F3NO4/c1-10(2)18(17(26)27,9-23-15(24)7-8-16(23)25)13-5-6-14(19(20,21)22)12(4)11(13)3/h5-8H,1,9H2,2-4H3,(H,26,27)/p-1. The van der Waals surface area contributed by atoms with Gasteiger partial charge in [-0.15, -0.1) is 0 Å². The van der Waals surface area contributed by atoms with Crippen molar-refractivity contribution in [2.24, 2.45) is 0 Å². The lowest BCUT2D eigenvalue weighted by molar-refractivity contribution is -0.312. The van der Waals surface area contributed by atoms with Gasteiger partial charge in [0.15, 0.2) is 0 Å². The third-order valence-corrected chi connectivity index (χ3v) is 4.93. The fraction of sp³-hybridized carbons (Fsp3) is 0.316. The van der Waals surface area contributed by atoms with Crippen molar-refractivity contribution in [2.75, 3.05) is 6.54 Å². The van der Waals surface area contributed by atoms with Gasteiger partial charge in [0.05, 0.1) is 16.9 Å². The Hall–Kier alpha value is -2.90. The number of benzene rings is 1. The second-order valence-electron chi connectivity index (χ2n) is 6.48. The van der Waals surface area contributed by atoms with Crippen molar-refractivity contribution in [3.63, 3.8) is 0 Å². The zero-order chi connectivity index (χ0) is 20.7. The van der Waals surface area contributed by atoms with E-state index in [1.807, 2.05) is 0 Å². The molecular formula is C19H17F3NO4-. The van der Waals surface area contributed by atoms with Crippen molar-refractivity contribution in [3.05, 3.63) is 58.7 Å². The second-order valence-corrected chi connectivity index (χ2v) is 6.48. The van der Waals surface area contributed by atoms with Crippen LogP contribution in [0.25, 0.3) is 0 Å². The number of hydrogen-bond acceptors (Lipinski definition) is 4. The molecule has 5 nitrogen and oxygen atoms in total. The second kappa shape index (κ2) is 6.68. The molecule has 1 unspecified atom stereocenters. The van der Waals surface area contributed by atoms with Crippen molar-refractivity contribution >= 4 is 17.8 Å². The number of carbonyl (C=O) groups is 3. The molecule has 0 spiro atoms. The molecule has 1 atom stereocenters. The fourth-order valence-corrected chi connectivity index (χ4v) is 3.21. The van der Waals surface area contributed by atoms with Crippen LogP contribution in [-0.4, -0.2) is 29.2 Å². The van der Waals surface area contributed by atoms with Crippen LogP contribution in [0.1, 0.15) is 29.2 Å². The minimum absolute atomic E-state index is 0.00648. The quantitative estimate of drug-likeness (QED) is 0.577. The number of alkyl halides is 3. The Morgan fingerprint density at radius 2 is 1.52 bits per heavy atom. The molecule has 0 aliphatic carbocycles. The van der Waals surface area contributed by atoms with Gasteiger partial charge in [0.1, 0.15) is 0 Å². The molecule has 1 heterocycles. The van der Waals surface area contributed by atoms with Crippen LogP contribution >= 0.6 is 0 Å². The number of nitrogens with zero attached hydrogens (tertiary/aromatic N) is 1. The maximum Gasteiger partial charge on any atom is 0.416 e. The van der Waals surface area contributed by atoms with Gasteiger partial charge in [-0.1, -0.05) is 18.2 Å². The molecule has 0 saturated carbocycles. The van der Waals surface area contributed by atoms with Gasteiger partial charge in [0, 0.05) is 18.7 Å². The molecule has 27 heavy (non-hydrogen) atoms. The molecule has 2 rings (SSSR count). The fourth-order valence-electron chi connectivity index (χ4n) is 3.21. The lowest BCUT2D eigenvalue weighted by Crippen LogP contribution is -2.55. The van der Waals surface area contributed by atoms with Gasteiger partial charge in [-0.05, 0) is 43.5 Å². The molecule has 0 radical (unpaired) electrons. The summed E-state index contributed by atoms with van der Waals surface area (Å²) >= 11 is 0. The Kier molecular flexibility index (Phi) is 5.05. The minimum atomic E-state index is -4.61. The van der Waals surface area contributed by atoms with Crippen molar-refractivity contribution in [1.29, 1.82) is 0 Å². The number of carboxylic acid groups (broad SMARTS) is 1. The monoisotopic (exact) mass is 380 g/mol. The molecule has 1 aromatic carbocycles. The zero-order valence-electron chi connectivity index (χ0n) is 14.9. The topological polar surface area (TPSA) is 77.5 Å². The SMILES string of the molecule is C=C(C)C(CN1C(=O)C=CC1=O)(C(=O)[O-])c1ccc(C(F)(F)F)c(C)c1C. The molecule has 1 aliphatic rings. The summed E-state index contributed by atoms with van der Waals surface area (Å²) in [4.78, 5) is 36.7. The van der Waals surface area contributed by atoms with Crippen molar-refractivity contribution in [1.82, 2.24) is 4.90 Å². The van der Waals surface area contributed by atoms with Gasteiger partial charge in [0.2, 0.25) is 0 Å². The van der Waals surface area contributed by atoms with Crippen molar-refractivity contribution in [2.45, 2.75) is 32.4 Å². The van der Waals surface area contributed by atoms with Crippen LogP contribution < -0.4 is 5.11 Å². The highest BCUT2D eigenvalue weighted by Crippen LogP contribution is 2.40. The molecule has 0 aromatic heterocycles. The Labute approximate surface area is 153 Å². The van der Waals surface area contributed by atoms with E-state index in [0.717, 1.165) is 24.3 Å². The van der Waals surface area contributed by atoms with Gasteiger partial charge < -0.3 is 9.90 Å². The predicted molar refractivity (Wildman–Crippen MR) is 88.3 cm³/mol. The lowest BCUT2D eigenvalue weighted by Gasteiger charge is -2.40. The van der Waals surface area contributed by atoms with E-state index in [1.165, 1.54) is 20.8 Å². The van der Waals surface area contributed by atoms with E-state index in [1.54, 1.807) is 0 Å². The highest BCUT2D eigenvalue weighted by atomic mass is 19.4. The summed E-state index contributed by atoms with van der Waals surface area (Å²) in [6, 6.07) is 1.82. The average Bonchev–Trinajstić information content (AvgIpc) is 2.85. The summed E-state index contributed by atoms with van der Waals surface area (Å²) in [5.74, 6) is -3.09. The highest BCUT2D eigenvalue weighted by Gasteiger charge is 2.43. The molecular weight excluding hydrogens is 363 g/mol. The molecule has 8 heteroatoms. The third kappa shape index (κ3) is 3.27. The van der Waals surface area contributed by atoms with E-state index in [-0.39, 0.29) is 22.3 Å². The first-order valence-electron chi connectivity index (χ1n) is 7.93. The first kappa shape index (κ1) is 20.4. The Morgan fingerprint density at radius 3 is 1.93 bits per heavy atom. The maximum atomic E-state index is 13.2. The van der Waals surface area contributed by atoms with Crippen LogP contribution in [0.15, 0.2) is 36.4 Å². The Morgan fingerprint density at radius 1 is 1.07 bits per heavy atom. The van der Waals surface area contributed by atoms with E-state index in [2.05, 4.69) is 6.58 Å².